The van der Waals surface area contributed by atoms with Crippen molar-refractivity contribution in [1.29, 1.82) is 0 Å². The maximum Gasteiger partial charge on any atom is 0.264 e. The molecule has 1 aromatic heterocycles. The molecule has 0 amide bonds. The van der Waals surface area contributed by atoms with Gasteiger partial charge in [0.05, 0.1) is 11.9 Å². The summed E-state index contributed by atoms with van der Waals surface area (Å²) >= 11 is 3.28. The van der Waals surface area contributed by atoms with E-state index in [9.17, 15) is 8.42 Å². The Bertz CT molecular complexity index is 939. The molecule has 0 atom stereocenters. The van der Waals surface area contributed by atoms with E-state index in [1.54, 1.807) is 18.2 Å². The molecule has 2 aromatic carbocycles. The lowest BCUT2D eigenvalue weighted by Crippen LogP contribution is -2.14. The fourth-order valence-corrected chi connectivity index (χ4v) is 4.19. The second-order valence-corrected chi connectivity index (χ2v) is 7.40. The van der Waals surface area contributed by atoms with E-state index in [4.69, 9.17) is 0 Å². The number of benzene rings is 2. The molecule has 3 aromatic rings. The largest absolute Gasteiger partial charge is 0.264 e. The first-order valence-corrected chi connectivity index (χ1v) is 9.00. The minimum atomic E-state index is -3.74. The van der Waals surface area contributed by atoms with Gasteiger partial charge in [-0.05, 0) is 52.7 Å². The lowest BCUT2D eigenvalue weighted by Gasteiger charge is -2.07. The first-order valence-electron chi connectivity index (χ1n) is 6.72. The zero-order valence-electron chi connectivity index (χ0n) is 12.1. The van der Waals surface area contributed by atoms with E-state index in [2.05, 4.69) is 30.8 Å². The SMILES string of the molecule is Cc1ccc(S(=O)(=O)Nc2cnn(-c3ccccc3)n2)c(Br)c1. The van der Waals surface area contributed by atoms with Crippen LogP contribution in [-0.4, -0.2) is 23.4 Å². The summed E-state index contributed by atoms with van der Waals surface area (Å²) in [5, 5.41) is 8.21. The van der Waals surface area contributed by atoms with Crippen molar-refractivity contribution in [1.82, 2.24) is 15.0 Å². The van der Waals surface area contributed by atoms with Crippen LogP contribution in [0.3, 0.4) is 0 Å². The van der Waals surface area contributed by atoms with Gasteiger partial charge in [0, 0.05) is 4.47 Å². The topological polar surface area (TPSA) is 76.9 Å². The molecule has 0 saturated carbocycles. The van der Waals surface area contributed by atoms with Crippen molar-refractivity contribution in [3.63, 3.8) is 0 Å². The summed E-state index contributed by atoms with van der Waals surface area (Å²) < 4.78 is 27.9. The second-order valence-electron chi connectivity index (χ2n) is 4.89. The number of nitrogens with zero attached hydrogens (tertiary/aromatic N) is 3. The Balaban J connectivity index is 1.88. The van der Waals surface area contributed by atoms with Crippen LogP contribution in [0.25, 0.3) is 5.69 Å². The number of rotatable bonds is 4. The van der Waals surface area contributed by atoms with Crippen LogP contribution >= 0.6 is 15.9 Å². The Morgan fingerprint density at radius 1 is 1.13 bits per heavy atom. The van der Waals surface area contributed by atoms with Crippen LogP contribution < -0.4 is 4.72 Å². The Kier molecular flexibility index (Phi) is 4.18. The predicted molar refractivity (Wildman–Crippen MR) is 91.0 cm³/mol. The van der Waals surface area contributed by atoms with Crippen molar-refractivity contribution in [3.8, 4) is 5.69 Å². The third-order valence-corrected chi connectivity index (χ3v) is 5.43. The predicted octanol–water partition coefficient (Wildman–Crippen LogP) is 3.14. The van der Waals surface area contributed by atoms with Crippen molar-refractivity contribution in [2.75, 3.05) is 4.72 Å². The highest BCUT2D eigenvalue weighted by atomic mass is 79.9. The molecule has 0 radical (unpaired) electrons. The first kappa shape index (κ1) is 15.7. The zero-order chi connectivity index (χ0) is 16.4. The minimum absolute atomic E-state index is 0.150. The van der Waals surface area contributed by atoms with Gasteiger partial charge in [0.15, 0.2) is 5.82 Å². The summed E-state index contributed by atoms with van der Waals surface area (Å²) in [5.74, 6) is 0.154. The van der Waals surface area contributed by atoms with Crippen molar-refractivity contribution in [2.24, 2.45) is 0 Å². The highest BCUT2D eigenvalue weighted by molar-refractivity contribution is 9.10. The van der Waals surface area contributed by atoms with E-state index in [1.165, 1.54) is 11.0 Å². The quantitative estimate of drug-likeness (QED) is 0.739. The zero-order valence-corrected chi connectivity index (χ0v) is 14.5. The van der Waals surface area contributed by atoms with Gasteiger partial charge in [0.2, 0.25) is 0 Å². The highest BCUT2D eigenvalue weighted by Crippen LogP contribution is 2.24. The summed E-state index contributed by atoms with van der Waals surface area (Å²) in [5.41, 5.74) is 1.71. The number of hydrogen-bond donors (Lipinski definition) is 1. The highest BCUT2D eigenvalue weighted by Gasteiger charge is 2.19. The number of aromatic nitrogens is 3. The van der Waals surface area contributed by atoms with Gasteiger partial charge >= 0.3 is 0 Å². The van der Waals surface area contributed by atoms with E-state index in [0.29, 0.717) is 4.47 Å². The Hall–Kier alpha value is -2.19. The summed E-state index contributed by atoms with van der Waals surface area (Å²) in [4.78, 5) is 1.51. The number of para-hydroxylation sites is 1. The van der Waals surface area contributed by atoms with Gasteiger partial charge in [-0.25, -0.2) is 8.42 Å². The van der Waals surface area contributed by atoms with Crippen molar-refractivity contribution < 1.29 is 8.42 Å². The molecule has 1 heterocycles. The van der Waals surface area contributed by atoms with Gasteiger partial charge in [-0.15, -0.1) is 9.90 Å². The molecule has 8 heteroatoms. The monoisotopic (exact) mass is 392 g/mol. The molecule has 0 aliphatic rings. The number of sulfonamides is 1. The molecule has 3 rings (SSSR count). The average molecular weight is 393 g/mol. The first-order chi connectivity index (χ1) is 11.0. The minimum Gasteiger partial charge on any atom is -0.260 e. The van der Waals surface area contributed by atoms with Crippen LogP contribution in [0.5, 0.6) is 0 Å². The second kappa shape index (κ2) is 6.13. The summed E-state index contributed by atoms with van der Waals surface area (Å²) in [6.07, 6.45) is 1.37. The van der Waals surface area contributed by atoms with E-state index in [1.807, 2.05) is 37.3 Å². The van der Waals surface area contributed by atoms with Crippen LogP contribution in [0.4, 0.5) is 5.82 Å². The third kappa shape index (κ3) is 3.43. The third-order valence-electron chi connectivity index (χ3n) is 3.09. The lowest BCUT2D eigenvalue weighted by molar-refractivity contribution is 0.600. The fourth-order valence-electron chi connectivity index (χ4n) is 2.01. The number of aryl methyl sites for hydroxylation is 1. The van der Waals surface area contributed by atoms with Crippen LogP contribution in [0.1, 0.15) is 5.56 Å². The molecule has 0 unspecified atom stereocenters. The molecule has 6 nitrogen and oxygen atoms in total. The summed E-state index contributed by atoms with van der Waals surface area (Å²) in [7, 11) is -3.74. The number of hydrogen-bond acceptors (Lipinski definition) is 4. The maximum atomic E-state index is 12.5. The molecule has 118 valence electrons. The van der Waals surface area contributed by atoms with Crippen LogP contribution in [0.2, 0.25) is 0 Å². The van der Waals surface area contributed by atoms with Crippen LogP contribution in [-0.2, 0) is 10.0 Å². The van der Waals surface area contributed by atoms with Gasteiger partial charge < -0.3 is 0 Å². The molecule has 1 N–H and O–H groups in total. The van der Waals surface area contributed by atoms with Crippen LogP contribution in [0.15, 0.2) is 64.1 Å². The standard InChI is InChI=1S/C15H13BrN4O2S/c1-11-7-8-14(13(16)9-11)23(21,22)19-15-10-17-20(18-15)12-5-3-2-4-6-12/h2-10H,1H3,(H,18,19). The molecular formula is C15H13BrN4O2S. The van der Waals surface area contributed by atoms with Gasteiger partial charge in [-0.3, -0.25) is 4.72 Å². The van der Waals surface area contributed by atoms with Crippen molar-refractivity contribution in [3.05, 3.63) is 64.8 Å². The Morgan fingerprint density at radius 3 is 2.57 bits per heavy atom. The molecule has 0 bridgehead atoms. The molecule has 0 aliphatic heterocycles. The van der Waals surface area contributed by atoms with E-state index < -0.39 is 10.0 Å². The van der Waals surface area contributed by atoms with Gasteiger partial charge in [-0.2, -0.15) is 5.10 Å². The van der Waals surface area contributed by atoms with E-state index in [0.717, 1.165) is 11.3 Å². The Morgan fingerprint density at radius 2 is 1.87 bits per heavy atom. The number of anilines is 1. The Labute approximate surface area is 142 Å². The van der Waals surface area contributed by atoms with Crippen molar-refractivity contribution in [2.45, 2.75) is 11.8 Å². The molecule has 0 spiro atoms. The molecular weight excluding hydrogens is 380 g/mol. The molecule has 23 heavy (non-hydrogen) atoms. The summed E-state index contributed by atoms with van der Waals surface area (Å²) in [6.45, 7) is 1.89. The van der Waals surface area contributed by atoms with Gasteiger partial charge in [-0.1, -0.05) is 24.3 Å². The number of nitrogens with one attached hydrogen (secondary N) is 1. The van der Waals surface area contributed by atoms with Crippen molar-refractivity contribution >= 4 is 31.8 Å². The lowest BCUT2D eigenvalue weighted by atomic mass is 10.2. The fraction of sp³-hybridized carbons (Fsp3) is 0.0667. The van der Waals surface area contributed by atoms with Crippen LogP contribution in [0, 0.1) is 6.92 Å². The maximum absolute atomic E-state index is 12.5. The average Bonchev–Trinajstić information content (AvgIpc) is 2.95. The molecule has 0 aliphatic carbocycles. The molecule has 0 saturated heterocycles. The summed E-state index contributed by atoms with van der Waals surface area (Å²) in [6, 6.07) is 14.3. The van der Waals surface area contributed by atoms with E-state index in [-0.39, 0.29) is 10.7 Å². The van der Waals surface area contributed by atoms with Gasteiger partial charge in [0.1, 0.15) is 4.90 Å². The van der Waals surface area contributed by atoms with E-state index >= 15 is 0 Å². The number of halogens is 1. The molecule has 0 fully saturated rings. The van der Waals surface area contributed by atoms with Gasteiger partial charge in [0.25, 0.3) is 10.0 Å². The normalized spacial score (nSPS) is 11.4. The smallest absolute Gasteiger partial charge is 0.260 e.